The Balaban J connectivity index is 1.77. The van der Waals surface area contributed by atoms with Gasteiger partial charge in [-0.05, 0) is 37.5 Å². The van der Waals surface area contributed by atoms with Crippen LogP contribution >= 0.6 is 0 Å². The molecule has 0 saturated carbocycles. The minimum absolute atomic E-state index is 0.103. The molecule has 1 atom stereocenters. The van der Waals surface area contributed by atoms with Gasteiger partial charge in [-0.1, -0.05) is 26.0 Å². The van der Waals surface area contributed by atoms with Gasteiger partial charge >= 0.3 is 6.03 Å². The third-order valence-corrected chi connectivity index (χ3v) is 3.39. The third-order valence-electron chi connectivity index (χ3n) is 3.39. The van der Waals surface area contributed by atoms with Gasteiger partial charge in [-0.3, -0.25) is 0 Å². The molecule has 21 heavy (non-hydrogen) atoms. The van der Waals surface area contributed by atoms with Crippen LogP contribution in [-0.2, 0) is 9.47 Å². The lowest BCUT2D eigenvalue weighted by atomic mass is 10.0. The highest BCUT2D eigenvalue weighted by atomic mass is 16.7. The normalized spacial score (nSPS) is 20.5. The van der Waals surface area contributed by atoms with Gasteiger partial charge in [-0.15, -0.1) is 0 Å². The van der Waals surface area contributed by atoms with Gasteiger partial charge in [-0.2, -0.15) is 0 Å². The van der Waals surface area contributed by atoms with E-state index in [9.17, 15) is 4.79 Å². The van der Waals surface area contributed by atoms with Gasteiger partial charge in [-0.25, -0.2) is 4.79 Å². The Hall–Kier alpha value is -1.59. The predicted molar refractivity (Wildman–Crippen MR) is 82.5 cm³/mol. The molecule has 2 rings (SSSR count). The first-order valence-electron chi connectivity index (χ1n) is 7.32. The summed E-state index contributed by atoms with van der Waals surface area (Å²) in [6, 6.07) is 7.63. The van der Waals surface area contributed by atoms with Crippen LogP contribution in [0.4, 0.5) is 10.5 Å². The molecule has 2 amide bonds. The molecule has 0 aliphatic carbocycles. The van der Waals surface area contributed by atoms with Gasteiger partial charge in [0.15, 0.2) is 5.79 Å². The minimum atomic E-state index is -0.560. The highest BCUT2D eigenvalue weighted by Gasteiger charge is 2.32. The third kappa shape index (κ3) is 4.72. The van der Waals surface area contributed by atoms with Gasteiger partial charge < -0.3 is 20.1 Å². The second kappa shape index (κ2) is 6.45. The summed E-state index contributed by atoms with van der Waals surface area (Å²) in [4.78, 5) is 11.8. The van der Waals surface area contributed by atoms with Crippen LogP contribution in [0.1, 0.15) is 39.2 Å². The average molecular weight is 292 g/mol. The Labute approximate surface area is 126 Å². The van der Waals surface area contributed by atoms with Gasteiger partial charge in [0.25, 0.3) is 0 Å². The van der Waals surface area contributed by atoms with Gasteiger partial charge in [0.1, 0.15) is 6.10 Å². The zero-order valence-corrected chi connectivity index (χ0v) is 13.1. The zero-order valence-electron chi connectivity index (χ0n) is 13.1. The number of anilines is 1. The van der Waals surface area contributed by atoms with E-state index in [-0.39, 0.29) is 12.1 Å². The molecule has 1 fully saturated rings. The van der Waals surface area contributed by atoms with Crippen LogP contribution < -0.4 is 10.6 Å². The fourth-order valence-corrected chi connectivity index (χ4v) is 2.20. The molecule has 1 aromatic carbocycles. The molecule has 2 N–H and O–H groups in total. The van der Waals surface area contributed by atoms with Gasteiger partial charge in [0.2, 0.25) is 0 Å². The van der Waals surface area contributed by atoms with Crippen molar-refractivity contribution >= 4 is 11.7 Å². The molecule has 5 nitrogen and oxygen atoms in total. The van der Waals surface area contributed by atoms with E-state index in [0.717, 1.165) is 5.69 Å². The largest absolute Gasteiger partial charge is 0.348 e. The van der Waals surface area contributed by atoms with Crippen molar-refractivity contribution in [1.82, 2.24) is 5.32 Å². The van der Waals surface area contributed by atoms with Crippen LogP contribution in [0.25, 0.3) is 0 Å². The summed E-state index contributed by atoms with van der Waals surface area (Å²) in [5, 5.41) is 5.60. The zero-order chi connectivity index (χ0) is 15.5. The summed E-state index contributed by atoms with van der Waals surface area (Å²) in [5.41, 5.74) is 2.03. The van der Waals surface area contributed by atoms with E-state index in [1.807, 2.05) is 38.1 Å². The standard InChI is InChI=1S/C16H24N2O3/c1-11(2)12-5-7-13(8-6-12)18-15(19)17-9-14-10-20-16(3,4)21-14/h5-8,11,14H,9-10H2,1-4H3,(H2,17,18,19). The van der Waals surface area contributed by atoms with Crippen molar-refractivity contribution in [3.8, 4) is 0 Å². The number of urea groups is 1. The lowest BCUT2D eigenvalue weighted by Gasteiger charge is -2.17. The van der Waals surface area contributed by atoms with E-state index in [0.29, 0.717) is 19.1 Å². The molecule has 1 aromatic rings. The Morgan fingerprint density at radius 3 is 2.52 bits per heavy atom. The number of carbonyl (C=O) groups excluding carboxylic acids is 1. The topological polar surface area (TPSA) is 59.6 Å². The van der Waals surface area contributed by atoms with Crippen molar-refractivity contribution < 1.29 is 14.3 Å². The number of hydrogen-bond donors (Lipinski definition) is 2. The number of hydrogen-bond acceptors (Lipinski definition) is 3. The summed E-state index contributed by atoms with van der Waals surface area (Å²) in [6.45, 7) is 8.93. The summed E-state index contributed by atoms with van der Waals surface area (Å²) in [7, 11) is 0. The van der Waals surface area contributed by atoms with Crippen LogP contribution in [-0.4, -0.2) is 31.1 Å². The molecule has 0 spiro atoms. The molecule has 0 bridgehead atoms. The molecule has 0 radical (unpaired) electrons. The highest BCUT2D eigenvalue weighted by molar-refractivity contribution is 5.89. The second-order valence-corrected chi connectivity index (χ2v) is 6.06. The Kier molecular flexibility index (Phi) is 4.85. The Morgan fingerprint density at radius 2 is 2.00 bits per heavy atom. The first-order valence-corrected chi connectivity index (χ1v) is 7.32. The van der Waals surface area contributed by atoms with Gasteiger partial charge in [0, 0.05) is 12.2 Å². The van der Waals surface area contributed by atoms with Gasteiger partial charge in [0.05, 0.1) is 6.61 Å². The molecule has 5 heteroatoms. The van der Waals surface area contributed by atoms with Crippen LogP contribution in [0.15, 0.2) is 24.3 Å². The van der Waals surface area contributed by atoms with E-state index >= 15 is 0 Å². The molecule has 1 unspecified atom stereocenters. The smallest absolute Gasteiger partial charge is 0.319 e. The van der Waals surface area contributed by atoms with Crippen molar-refractivity contribution in [3.63, 3.8) is 0 Å². The predicted octanol–water partition coefficient (Wildman–Crippen LogP) is 3.08. The van der Waals surface area contributed by atoms with E-state index in [1.54, 1.807) is 0 Å². The van der Waals surface area contributed by atoms with Crippen molar-refractivity contribution in [2.45, 2.75) is 45.5 Å². The van der Waals surface area contributed by atoms with Crippen LogP contribution in [0.5, 0.6) is 0 Å². The van der Waals surface area contributed by atoms with E-state index in [2.05, 4.69) is 24.5 Å². The molecular weight excluding hydrogens is 268 g/mol. The first kappa shape index (κ1) is 15.8. The fraction of sp³-hybridized carbons (Fsp3) is 0.562. The fourth-order valence-electron chi connectivity index (χ4n) is 2.20. The van der Waals surface area contributed by atoms with Crippen molar-refractivity contribution in [3.05, 3.63) is 29.8 Å². The number of carbonyl (C=O) groups is 1. The molecular formula is C16H24N2O3. The number of ether oxygens (including phenoxy) is 2. The van der Waals surface area contributed by atoms with E-state index < -0.39 is 5.79 Å². The quantitative estimate of drug-likeness (QED) is 0.896. The van der Waals surface area contributed by atoms with Crippen LogP contribution in [0.3, 0.4) is 0 Å². The maximum atomic E-state index is 11.8. The highest BCUT2D eigenvalue weighted by Crippen LogP contribution is 2.21. The number of rotatable bonds is 4. The van der Waals surface area contributed by atoms with Crippen molar-refractivity contribution in [2.75, 3.05) is 18.5 Å². The Bertz CT molecular complexity index is 483. The second-order valence-electron chi connectivity index (χ2n) is 6.06. The van der Waals surface area contributed by atoms with Crippen LogP contribution in [0.2, 0.25) is 0 Å². The lowest BCUT2D eigenvalue weighted by Crippen LogP contribution is -2.37. The SMILES string of the molecule is CC(C)c1ccc(NC(=O)NCC2COC(C)(C)O2)cc1. The number of amides is 2. The first-order chi connectivity index (χ1) is 9.85. The number of benzene rings is 1. The molecule has 116 valence electrons. The summed E-state index contributed by atoms with van der Waals surface area (Å²) in [6.07, 6.45) is -0.103. The molecule has 0 aromatic heterocycles. The average Bonchev–Trinajstić information content (AvgIpc) is 2.77. The monoisotopic (exact) mass is 292 g/mol. The summed E-state index contributed by atoms with van der Waals surface area (Å²) >= 11 is 0. The van der Waals surface area contributed by atoms with Crippen molar-refractivity contribution in [1.29, 1.82) is 0 Å². The van der Waals surface area contributed by atoms with Crippen molar-refractivity contribution in [2.24, 2.45) is 0 Å². The Morgan fingerprint density at radius 1 is 1.33 bits per heavy atom. The number of nitrogens with one attached hydrogen (secondary N) is 2. The maximum absolute atomic E-state index is 11.8. The molecule has 1 aliphatic heterocycles. The van der Waals surface area contributed by atoms with Crippen LogP contribution in [0, 0.1) is 0 Å². The minimum Gasteiger partial charge on any atom is -0.348 e. The molecule has 1 saturated heterocycles. The summed E-state index contributed by atoms with van der Waals surface area (Å²) in [5.74, 6) is -0.0778. The molecule has 1 heterocycles. The van der Waals surface area contributed by atoms with E-state index in [4.69, 9.17) is 9.47 Å². The summed E-state index contributed by atoms with van der Waals surface area (Å²) < 4.78 is 11.1. The lowest BCUT2D eigenvalue weighted by molar-refractivity contribution is -0.137. The molecule has 1 aliphatic rings. The maximum Gasteiger partial charge on any atom is 0.319 e. The van der Waals surface area contributed by atoms with E-state index in [1.165, 1.54) is 5.56 Å².